The van der Waals surface area contributed by atoms with Gasteiger partial charge in [0, 0.05) is 5.56 Å². The first kappa shape index (κ1) is 19.0. The molecule has 5 rings (SSSR count). The van der Waals surface area contributed by atoms with Crippen LogP contribution in [0.1, 0.15) is 16.1 Å². The minimum Gasteiger partial charge on any atom is -0.270 e. The average molecular weight is 429 g/mol. The Hall–Kier alpha value is -2.96. The van der Waals surface area contributed by atoms with E-state index in [1.165, 1.54) is 15.8 Å². The Morgan fingerprint density at radius 1 is 0.867 bits per heavy atom. The van der Waals surface area contributed by atoms with Gasteiger partial charge in [0.25, 0.3) is 0 Å². The third-order valence-corrected chi connectivity index (χ3v) is 7.24. The van der Waals surface area contributed by atoms with Crippen LogP contribution in [-0.4, -0.2) is 19.7 Å². The maximum Gasteiger partial charge on any atom is 0.196 e. The van der Waals surface area contributed by atoms with Crippen molar-refractivity contribution in [1.82, 2.24) is 19.7 Å². The number of nitrogens with zero attached hydrogens (tertiary/aromatic N) is 4. The molecule has 0 bridgehead atoms. The van der Waals surface area contributed by atoms with Crippen LogP contribution in [0.2, 0.25) is 0 Å². The first-order valence-corrected chi connectivity index (χ1v) is 11.5. The van der Waals surface area contributed by atoms with Crippen molar-refractivity contribution in [1.29, 1.82) is 0 Å². The van der Waals surface area contributed by atoms with Gasteiger partial charge in [0.2, 0.25) is 0 Å². The van der Waals surface area contributed by atoms with Gasteiger partial charge in [-0.2, -0.15) is 0 Å². The van der Waals surface area contributed by atoms with E-state index in [0.29, 0.717) is 0 Å². The molecule has 0 aliphatic rings. The highest BCUT2D eigenvalue weighted by atomic mass is 32.2. The van der Waals surface area contributed by atoms with Crippen LogP contribution < -0.4 is 0 Å². The highest BCUT2D eigenvalue weighted by Gasteiger charge is 2.17. The second-order valence-corrected chi connectivity index (χ2v) is 9.20. The lowest BCUT2D eigenvalue weighted by Crippen LogP contribution is -2.01. The SMILES string of the molecule is Cc1ccc(-n2c(SCc3nc4ccccc4s3)nnc2-c2ccccc2)cc1C. The lowest BCUT2D eigenvalue weighted by molar-refractivity contribution is 0.884. The maximum absolute atomic E-state index is 4.76. The molecule has 0 aliphatic heterocycles. The second-order valence-electron chi connectivity index (χ2n) is 7.14. The topological polar surface area (TPSA) is 43.6 Å². The first-order valence-electron chi connectivity index (χ1n) is 9.75. The molecule has 0 spiro atoms. The number of aryl methyl sites for hydroxylation is 2. The lowest BCUT2D eigenvalue weighted by atomic mass is 10.1. The molecule has 0 N–H and O–H groups in total. The van der Waals surface area contributed by atoms with E-state index >= 15 is 0 Å². The van der Waals surface area contributed by atoms with E-state index in [4.69, 9.17) is 4.98 Å². The molecule has 0 amide bonds. The number of rotatable bonds is 5. The van der Waals surface area contributed by atoms with Crippen LogP contribution in [0.25, 0.3) is 27.3 Å². The molecule has 0 atom stereocenters. The zero-order valence-corrected chi connectivity index (χ0v) is 18.4. The van der Waals surface area contributed by atoms with Crippen molar-refractivity contribution >= 4 is 33.3 Å². The van der Waals surface area contributed by atoms with Crippen molar-refractivity contribution in [3.8, 4) is 17.1 Å². The van der Waals surface area contributed by atoms with Gasteiger partial charge in [0.1, 0.15) is 5.01 Å². The Balaban J connectivity index is 1.54. The molecule has 30 heavy (non-hydrogen) atoms. The van der Waals surface area contributed by atoms with Gasteiger partial charge in [0.15, 0.2) is 11.0 Å². The Bertz CT molecular complexity index is 1290. The summed E-state index contributed by atoms with van der Waals surface area (Å²) in [6, 6.07) is 25.0. The number of benzene rings is 3. The van der Waals surface area contributed by atoms with Crippen LogP contribution in [0.4, 0.5) is 0 Å². The van der Waals surface area contributed by atoms with Crippen LogP contribution in [-0.2, 0) is 5.75 Å². The molecule has 4 nitrogen and oxygen atoms in total. The van der Waals surface area contributed by atoms with E-state index in [9.17, 15) is 0 Å². The van der Waals surface area contributed by atoms with Gasteiger partial charge < -0.3 is 0 Å². The first-order chi connectivity index (χ1) is 14.7. The van der Waals surface area contributed by atoms with Gasteiger partial charge in [-0.25, -0.2) is 4.98 Å². The summed E-state index contributed by atoms with van der Waals surface area (Å²) in [4.78, 5) is 4.76. The molecule has 3 aromatic carbocycles. The summed E-state index contributed by atoms with van der Waals surface area (Å²) in [5.74, 6) is 1.61. The summed E-state index contributed by atoms with van der Waals surface area (Å²) in [5.41, 5.74) is 5.71. The minimum absolute atomic E-state index is 0.761. The Morgan fingerprint density at radius 3 is 2.47 bits per heavy atom. The van der Waals surface area contributed by atoms with Crippen LogP contribution in [0, 0.1) is 13.8 Å². The molecule has 148 valence electrons. The third kappa shape index (κ3) is 3.64. The van der Waals surface area contributed by atoms with Crippen molar-refractivity contribution in [3.63, 3.8) is 0 Å². The molecule has 0 aliphatic carbocycles. The van der Waals surface area contributed by atoms with Crippen molar-refractivity contribution in [2.24, 2.45) is 0 Å². The van der Waals surface area contributed by atoms with Gasteiger partial charge in [-0.1, -0.05) is 60.3 Å². The van der Waals surface area contributed by atoms with Gasteiger partial charge in [-0.05, 0) is 49.2 Å². The largest absolute Gasteiger partial charge is 0.270 e. The number of thiazole rings is 1. The normalized spacial score (nSPS) is 11.3. The fraction of sp³-hybridized carbons (Fsp3) is 0.125. The zero-order valence-electron chi connectivity index (χ0n) is 16.7. The van der Waals surface area contributed by atoms with Crippen LogP contribution in [0.5, 0.6) is 0 Å². The van der Waals surface area contributed by atoms with Crippen molar-refractivity contribution in [2.45, 2.75) is 24.8 Å². The van der Waals surface area contributed by atoms with Crippen molar-refractivity contribution in [2.75, 3.05) is 0 Å². The molecular weight excluding hydrogens is 408 g/mol. The number of thioether (sulfide) groups is 1. The van der Waals surface area contributed by atoms with Gasteiger partial charge in [0.05, 0.1) is 21.7 Å². The van der Waals surface area contributed by atoms with Crippen LogP contribution in [0.3, 0.4) is 0 Å². The lowest BCUT2D eigenvalue weighted by Gasteiger charge is -2.12. The number of fused-ring (bicyclic) bond motifs is 1. The van der Waals surface area contributed by atoms with Crippen LogP contribution in [0.15, 0.2) is 78.0 Å². The molecule has 0 saturated carbocycles. The van der Waals surface area contributed by atoms with Crippen molar-refractivity contribution in [3.05, 3.63) is 88.9 Å². The van der Waals surface area contributed by atoms with E-state index in [1.54, 1.807) is 23.1 Å². The summed E-state index contributed by atoms with van der Waals surface area (Å²) < 4.78 is 3.37. The summed E-state index contributed by atoms with van der Waals surface area (Å²) >= 11 is 3.41. The quantitative estimate of drug-likeness (QED) is 0.302. The molecule has 5 aromatic rings. The van der Waals surface area contributed by atoms with Gasteiger partial charge >= 0.3 is 0 Å². The summed E-state index contributed by atoms with van der Waals surface area (Å²) in [6.07, 6.45) is 0. The van der Waals surface area contributed by atoms with E-state index in [1.807, 2.05) is 24.3 Å². The predicted octanol–water partition coefficient (Wildman–Crippen LogP) is 6.45. The fourth-order valence-electron chi connectivity index (χ4n) is 3.34. The van der Waals surface area contributed by atoms with E-state index < -0.39 is 0 Å². The van der Waals surface area contributed by atoms with E-state index in [2.05, 4.69) is 77.1 Å². The smallest absolute Gasteiger partial charge is 0.196 e. The molecule has 0 radical (unpaired) electrons. The van der Waals surface area contributed by atoms with Crippen LogP contribution >= 0.6 is 23.1 Å². The summed E-state index contributed by atoms with van der Waals surface area (Å²) in [7, 11) is 0. The number of hydrogen-bond donors (Lipinski definition) is 0. The maximum atomic E-state index is 4.76. The summed E-state index contributed by atoms with van der Waals surface area (Å²) in [6.45, 7) is 4.27. The van der Waals surface area contributed by atoms with Gasteiger partial charge in [-0.15, -0.1) is 21.5 Å². The second kappa shape index (κ2) is 8.05. The highest BCUT2D eigenvalue weighted by Crippen LogP contribution is 2.32. The monoisotopic (exact) mass is 428 g/mol. The predicted molar refractivity (Wildman–Crippen MR) is 125 cm³/mol. The van der Waals surface area contributed by atoms with E-state index in [0.717, 1.165) is 38.5 Å². The number of aromatic nitrogens is 4. The summed E-state index contributed by atoms with van der Waals surface area (Å²) in [5, 5.41) is 11.1. The third-order valence-electron chi connectivity index (χ3n) is 5.08. The molecule has 2 aromatic heterocycles. The molecular formula is C24H20N4S2. The average Bonchev–Trinajstić information content (AvgIpc) is 3.38. The van der Waals surface area contributed by atoms with Crippen molar-refractivity contribution < 1.29 is 0 Å². The van der Waals surface area contributed by atoms with E-state index in [-0.39, 0.29) is 0 Å². The minimum atomic E-state index is 0.761. The van der Waals surface area contributed by atoms with Gasteiger partial charge in [-0.3, -0.25) is 4.57 Å². The molecule has 2 heterocycles. The molecule has 0 saturated heterocycles. The number of para-hydroxylation sites is 1. The molecule has 6 heteroatoms. The Kier molecular flexibility index (Phi) is 5.11. The number of hydrogen-bond acceptors (Lipinski definition) is 5. The Morgan fingerprint density at radius 2 is 1.67 bits per heavy atom. The standard InChI is InChI=1S/C24H20N4S2/c1-16-12-13-19(14-17(16)2)28-23(18-8-4-3-5-9-18)26-27-24(28)29-15-22-25-20-10-6-7-11-21(20)30-22/h3-14H,15H2,1-2H3. The Labute approximate surface area is 183 Å². The fourth-order valence-corrected chi connectivity index (χ4v) is 5.25. The molecule has 0 fully saturated rings. The highest BCUT2D eigenvalue weighted by molar-refractivity contribution is 7.98. The molecule has 0 unspecified atom stereocenters. The zero-order chi connectivity index (χ0) is 20.5.